The zero-order valence-corrected chi connectivity index (χ0v) is 14.6. The van der Waals surface area contributed by atoms with Crippen LogP contribution in [0.25, 0.3) is 5.52 Å². The van der Waals surface area contributed by atoms with Gasteiger partial charge in [-0.15, -0.1) is 0 Å². The number of hydrogen-bond donors (Lipinski definition) is 2. The van der Waals surface area contributed by atoms with Crippen molar-refractivity contribution < 1.29 is 19.1 Å². The molecule has 3 N–H and O–H groups in total. The van der Waals surface area contributed by atoms with Crippen LogP contribution in [0.1, 0.15) is 34.6 Å². The Bertz CT molecular complexity index is 862. The molecule has 0 saturated carbocycles. The number of primary amides is 1. The summed E-state index contributed by atoms with van der Waals surface area (Å²) in [5, 5.41) is 7.47. The zero-order chi connectivity index (χ0) is 18.8. The van der Waals surface area contributed by atoms with Crippen LogP contribution < -0.4 is 11.1 Å². The second-order valence-electron chi connectivity index (χ2n) is 6.36. The van der Waals surface area contributed by atoms with E-state index in [1.54, 1.807) is 24.1 Å². The lowest BCUT2D eigenvalue weighted by atomic mass is 10.1. The predicted octanol–water partition coefficient (Wildman–Crippen LogP) is 0.499. The van der Waals surface area contributed by atoms with Gasteiger partial charge >= 0.3 is 5.97 Å². The molecule has 26 heavy (non-hydrogen) atoms. The van der Waals surface area contributed by atoms with Crippen molar-refractivity contribution in [1.29, 1.82) is 0 Å². The summed E-state index contributed by atoms with van der Waals surface area (Å²) in [6.07, 6.45) is 3.72. The number of nitrogens with one attached hydrogen (secondary N) is 1. The molecule has 0 spiro atoms. The fraction of sp³-hybridized carbons (Fsp3) is 0.412. The minimum absolute atomic E-state index is 0.0505. The average Bonchev–Trinajstić information content (AvgIpc) is 3.19. The van der Waals surface area contributed by atoms with Crippen LogP contribution >= 0.6 is 0 Å². The van der Waals surface area contributed by atoms with Gasteiger partial charge in [0.25, 0.3) is 5.91 Å². The number of ether oxygens (including phenoxy) is 1. The van der Waals surface area contributed by atoms with Gasteiger partial charge in [0.15, 0.2) is 0 Å². The number of likely N-dealkylation sites (tertiary alicyclic amines) is 1. The first-order valence-corrected chi connectivity index (χ1v) is 8.38. The molecule has 3 rings (SSSR count). The van der Waals surface area contributed by atoms with Gasteiger partial charge in [-0.3, -0.25) is 9.59 Å². The predicted molar refractivity (Wildman–Crippen MR) is 93.9 cm³/mol. The van der Waals surface area contributed by atoms with E-state index in [0.717, 1.165) is 6.41 Å². The van der Waals surface area contributed by atoms with Crippen LogP contribution in [0.5, 0.6) is 0 Å². The summed E-state index contributed by atoms with van der Waals surface area (Å²) in [7, 11) is 0. The summed E-state index contributed by atoms with van der Waals surface area (Å²) >= 11 is 0. The number of nitrogens with zero attached hydrogens (tertiary/aromatic N) is 3. The number of hydrogen-bond acceptors (Lipinski definition) is 6. The van der Waals surface area contributed by atoms with Gasteiger partial charge in [-0.2, -0.15) is 5.10 Å². The Balaban J connectivity index is 2.03. The number of aromatic nitrogens is 2. The zero-order valence-electron chi connectivity index (χ0n) is 14.6. The topological polar surface area (TPSA) is 119 Å². The number of esters is 1. The van der Waals surface area contributed by atoms with E-state index in [1.165, 1.54) is 10.7 Å². The molecule has 9 nitrogen and oxygen atoms in total. The number of rotatable bonds is 6. The maximum absolute atomic E-state index is 12.0. The number of nitrogens with two attached hydrogens (primary N) is 1. The Morgan fingerprint density at radius 2 is 2.23 bits per heavy atom. The summed E-state index contributed by atoms with van der Waals surface area (Å²) in [6.45, 7) is 5.15. The normalized spacial score (nSPS) is 19.5. The fourth-order valence-corrected chi connectivity index (χ4v) is 3.18. The summed E-state index contributed by atoms with van der Waals surface area (Å²) < 4.78 is 6.51. The molecule has 3 heterocycles. The van der Waals surface area contributed by atoms with Crippen molar-refractivity contribution in [2.75, 3.05) is 25.0 Å². The Morgan fingerprint density at radius 1 is 1.46 bits per heavy atom. The van der Waals surface area contributed by atoms with Gasteiger partial charge in [-0.1, -0.05) is 6.92 Å². The van der Waals surface area contributed by atoms with E-state index < -0.39 is 11.9 Å². The van der Waals surface area contributed by atoms with Crippen LogP contribution in [-0.2, 0) is 9.53 Å². The van der Waals surface area contributed by atoms with Gasteiger partial charge in [0, 0.05) is 25.3 Å². The number of anilines is 1. The molecule has 1 saturated heterocycles. The first-order chi connectivity index (χ1) is 12.4. The van der Waals surface area contributed by atoms with E-state index in [-0.39, 0.29) is 24.1 Å². The van der Waals surface area contributed by atoms with Crippen LogP contribution in [0.3, 0.4) is 0 Å². The van der Waals surface area contributed by atoms with Crippen molar-refractivity contribution in [3.05, 3.63) is 29.6 Å². The number of carbonyl (C=O) groups excluding carboxylic acids is 3. The van der Waals surface area contributed by atoms with Crippen molar-refractivity contribution in [2.45, 2.75) is 19.9 Å². The van der Waals surface area contributed by atoms with Crippen LogP contribution in [0.4, 0.5) is 5.69 Å². The third kappa shape index (κ3) is 3.19. The molecule has 9 heteroatoms. The van der Waals surface area contributed by atoms with Gasteiger partial charge in [0.2, 0.25) is 6.41 Å². The molecule has 2 aromatic rings. The molecule has 2 amide bonds. The number of carbonyl (C=O) groups is 3. The van der Waals surface area contributed by atoms with Crippen molar-refractivity contribution in [2.24, 2.45) is 11.7 Å². The van der Waals surface area contributed by atoms with Gasteiger partial charge in [0.05, 0.1) is 35.1 Å². The SMILES string of the molecule is CCOC(=O)c1cc2c(NC3CN(C=O)CC3C)c(C(N)=O)cnn2c1. The van der Waals surface area contributed by atoms with Gasteiger partial charge in [-0.05, 0) is 18.9 Å². The summed E-state index contributed by atoms with van der Waals surface area (Å²) in [6, 6.07) is 1.56. The first-order valence-electron chi connectivity index (χ1n) is 8.38. The van der Waals surface area contributed by atoms with Crippen LogP contribution in [0.2, 0.25) is 0 Å². The highest BCUT2D eigenvalue weighted by molar-refractivity contribution is 6.03. The number of amides is 2. The van der Waals surface area contributed by atoms with E-state index in [4.69, 9.17) is 10.5 Å². The lowest BCUT2D eigenvalue weighted by Crippen LogP contribution is -2.29. The van der Waals surface area contributed by atoms with Crippen molar-refractivity contribution >= 4 is 29.5 Å². The van der Waals surface area contributed by atoms with Crippen LogP contribution in [-0.4, -0.2) is 58.5 Å². The van der Waals surface area contributed by atoms with E-state index in [9.17, 15) is 14.4 Å². The smallest absolute Gasteiger partial charge is 0.339 e. The molecule has 1 aliphatic heterocycles. The minimum atomic E-state index is -0.626. The molecule has 0 aromatic carbocycles. The second-order valence-corrected chi connectivity index (χ2v) is 6.36. The van der Waals surface area contributed by atoms with Gasteiger partial charge in [0.1, 0.15) is 0 Å². The highest BCUT2D eigenvalue weighted by Gasteiger charge is 2.30. The Morgan fingerprint density at radius 3 is 2.85 bits per heavy atom. The molecule has 0 bridgehead atoms. The molecular weight excluding hydrogens is 338 g/mol. The summed E-state index contributed by atoms with van der Waals surface area (Å²) in [4.78, 5) is 36.6. The molecule has 0 aliphatic carbocycles. The number of fused-ring (bicyclic) bond motifs is 1. The minimum Gasteiger partial charge on any atom is -0.462 e. The van der Waals surface area contributed by atoms with Crippen LogP contribution in [0, 0.1) is 5.92 Å². The molecule has 138 valence electrons. The molecule has 2 aromatic heterocycles. The van der Waals surface area contributed by atoms with Crippen LogP contribution in [0.15, 0.2) is 18.5 Å². The fourth-order valence-electron chi connectivity index (χ4n) is 3.18. The Labute approximate surface area is 150 Å². The van der Waals surface area contributed by atoms with E-state index >= 15 is 0 Å². The maximum Gasteiger partial charge on any atom is 0.339 e. The first kappa shape index (κ1) is 17.7. The molecule has 1 fully saturated rings. The van der Waals surface area contributed by atoms with Crippen molar-refractivity contribution in [3.63, 3.8) is 0 Å². The average molecular weight is 359 g/mol. The molecule has 2 atom stereocenters. The third-order valence-corrected chi connectivity index (χ3v) is 4.53. The van der Waals surface area contributed by atoms with Crippen molar-refractivity contribution in [3.8, 4) is 0 Å². The standard InChI is InChI=1S/C17H21N5O4/c1-3-26-17(25)11-4-14-15(12(16(18)24)5-19-22(14)7-11)20-13-8-21(9-23)6-10(13)2/h4-5,7,9-10,13,20H,3,6,8H2,1-2H3,(H2,18,24). The monoisotopic (exact) mass is 359 g/mol. The lowest BCUT2D eigenvalue weighted by Gasteiger charge is -2.20. The molecular formula is C17H21N5O4. The summed E-state index contributed by atoms with van der Waals surface area (Å²) in [5.74, 6) is -0.904. The quantitative estimate of drug-likeness (QED) is 0.572. The molecule has 1 aliphatic rings. The third-order valence-electron chi connectivity index (χ3n) is 4.53. The highest BCUT2D eigenvalue weighted by atomic mass is 16.5. The van der Waals surface area contributed by atoms with Gasteiger partial charge in [-0.25, -0.2) is 9.31 Å². The Kier molecular flexibility index (Phi) is 4.79. The van der Waals surface area contributed by atoms with E-state index in [0.29, 0.717) is 29.9 Å². The largest absolute Gasteiger partial charge is 0.462 e. The van der Waals surface area contributed by atoms with E-state index in [1.807, 2.05) is 6.92 Å². The molecule has 0 radical (unpaired) electrons. The summed E-state index contributed by atoms with van der Waals surface area (Å²) in [5.41, 5.74) is 7.09. The highest BCUT2D eigenvalue weighted by Crippen LogP contribution is 2.27. The van der Waals surface area contributed by atoms with E-state index in [2.05, 4.69) is 10.4 Å². The second kappa shape index (κ2) is 7.03. The van der Waals surface area contributed by atoms with Gasteiger partial charge < -0.3 is 20.7 Å². The molecule has 2 unspecified atom stereocenters. The maximum atomic E-state index is 12.0. The Hall–Kier alpha value is -3.10. The lowest BCUT2D eigenvalue weighted by molar-refractivity contribution is -0.117. The van der Waals surface area contributed by atoms with Crippen molar-refractivity contribution in [1.82, 2.24) is 14.5 Å².